The molecule has 0 aliphatic rings. The normalized spacial score (nSPS) is 12.1. The maximum atomic E-state index is 12.3. The number of amides is 1. The molecule has 0 aliphatic carbocycles. The van der Waals surface area contributed by atoms with Gasteiger partial charge in [-0.1, -0.05) is 30.8 Å². The van der Waals surface area contributed by atoms with E-state index in [1.807, 2.05) is 24.3 Å². The lowest BCUT2D eigenvalue weighted by molar-refractivity contribution is -0.115. The van der Waals surface area contributed by atoms with Gasteiger partial charge in [0.25, 0.3) is 11.1 Å². The number of thioether (sulfide) groups is 1. The summed E-state index contributed by atoms with van der Waals surface area (Å²) >= 11 is 1.20. The van der Waals surface area contributed by atoms with E-state index in [1.54, 1.807) is 19.1 Å². The van der Waals surface area contributed by atoms with Gasteiger partial charge in [0.2, 0.25) is 5.91 Å². The Bertz CT molecular complexity index is 797. The van der Waals surface area contributed by atoms with E-state index in [2.05, 4.69) is 22.4 Å². The van der Waals surface area contributed by atoms with Crippen molar-refractivity contribution in [3.63, 3.8) is 0 Å². The molecular formula is C17H17N3O3S. The predicted molar refractivity (Wildman–Crippen MR) is 91.8 cm³/mol. The smallest absolute Gasteiger partial charge is 0.284 e. The van der Waals surface area contributed by atoms with E-state index in [0.29, 0.717) is 16.9 Å². The van der Waals surface area contributed by atoms with Gasteiger partial charge in [-0.3, -0.25) is 4.79 Å². The topological polar surface area (TPSA) is 81.2 Å². The largest absolute Gasteiger partial charge is 0.459 e. The Morgan fingerprint density at radius 1 is 1.25 bits per heavy atom. The Kier molecular flexibility index (Phi) is 5.00. The number of carbonyl (C=O) groups excluding carboxylic acids is 1. The van der Waals surface area contributed by atoms with Crippen LogP contribution in [0.15, 0.2) is 56.7 Å². The number of carbonyl (C=O) groups is 1. The second-order valence-corrected chi connectivity index (χ2v) is 6.44. The maximum Gasteiger partial charge on any atom is 0.284 e. The van der Waals surface area contributed by atoms with Gasteiger partial charge in [-0.15, -0.1) is 10.2 Å². The van der Waals surface area contributed by atoms with Gasteiger partial charge in [-0.25, -0.2) is 0 Å². The predicted octanol–water partition coefficient (Wildman–Crippen LogP) is 4.01. The molecule has 124 valence electrons. The Labute approximate surface area is 143 Å². The Morgan fingerprint density at radius 2 is 2.04 bits per heavy atom. The zero-order valence-electron chi connectivity index (χ0n) is 13.4. The van der Waals surface area contributed by atoms with Crippen LogP contribution in [0, 0.1) is 0 Å². The molecule has 0 bridgehead atoms. The fraction of sp³-hybridized carbons (Fsp3) is 0.235. The Hall–Kier alpha value is -2.54. The van der Waals surface area contributed by atoms with Crippen LogP contribution in [0.25, 0.3) is 11.7 Å². The number of rotatable bonds is 6. The first-order valence-electron chi connectivity index (χ1n) is 7.59. The highest BCUT2D eigenvalue weighted by Gasteiger charge is 2.19. The van der Waals surface area contributed by atoms with Crippen LogP contribution < -0.4 is 5.32 Å². The van der Waals surface area contributed by atoms with Gasteiger partial charge < -0.3 is 14.2 Å². The van der Waals surface area contributed by atoms with Crippen molar-refractivity contribution in [2.24, 2.45) is 0 Å². The second-order valence-electron chi connectivity index (χ2n) is 5.15. The lowest BCUT2D eigenvalue weighted by Gasteiger charge is -2.10. The summed E-state index contributed by atoms with van der Waals surface area (Å²) in [6.45, 7) is 3.88. The highest BCUT2D eigenvalue weighted by atomic mass is 32.2. The monoisotopic (exact) mass is 343 g/mol. The van der Waals surface area contributed by atoms with Crippen LogP contribution >= 0.6 is 11.8 Å². The lowest BCUT2D eigenvalue weighted by atomic mass is 10.1. The number of aryl methyl sites for hydroxylation is 1. The number of nitrogens with one attached hydrogen (secondary N) is 1. The lowest BCUT2D eigenvalue weighted by Crippen LogP contribution is -2.22. The van der Waals surface area contributed by atoms with Crippen molar-refractivity contribution in [3.8, 4) is 11.7 Å². The van der Waals surface area contributed by atoms with Crippen molar-refractivity contribution in [1.82, 2.24) is 10.2 Å². The van der Waals surface area contributed by atoms with Crippen LogP contribution in [-0.2, 0) is 11.2 Å². The zero-order chi connectivity index (χ0) is 16.9. The van der Waals surface area contributed by atoms with E-state index >= 15 is 0 Å². The summed E-state index contributed by atoms with van der Waals surface area (Å²) in [6.07, 6.45) is 2.50. The number of hydrogen-bond donors (Lipinski definition) is 1. The molecule has 1 N–H and O–H groups in total. The molecule has 3 aromatic rings. The first-order chi connectivity index (χ1) is 11.7. The molecule has 2 heterocycles. The molecule has 1 aromatic carbocycles. The van der Waals surface area contributed by atoms with E-state index in [1.165, 1.54) is 23.6 Å². The third-order valence-electron chi connectivity index (χ3n) is 3.41. The quantitative estimate of drug-likeness (QED) is 0.681. The molecule has 24 heavy (non-hydrogen) atoms. The summed E-state index contributed by atoms with van der Waals surface area (Å²) in [6, 6.07) is 11.3. The highest BCUT2D eigenvalue weighted by Crippen LogP contribution is 2.26. The number of aromatic nitrogens is 2. The summed E-state index contributed by atoms with van der Waals surface area (Å²) < 4.78 is 10.7. The van der Waals surface area contributed by atoms with E-state index in [4.69, 9.17) is 8.83 Å². The van der Waals surface area contributed by atoms with E-state index in [0.717, 1.165) is 12.1 Å². The summed E-state index contributed by atoms with van der Waals surface area (Å²) in [5, 5.41) is 10.7. The van der Waals surface area contributed by atoms with E-state index in [9.17, 15) is 4.79 Å². The molecule has 0 saturated carbocycles. The van der Waals surface area contributed by atoms with Crippen LogP contribution in [0.1, 0.15) is 19.4 Å². The Balaban J connectivity index is 1.59. The summed E-state index contributed by atoms with van der Waals surface area (Å²) in [5.74, 6) is 0.676. The van der Waals surface area contributed by atoms with Gasteiger partial charge in [0, 0.05) is 5.69 Å². The number of nitrogens with zero attached hydrogens (tertiary/aromatic N) is 2. The second kappa shape index (κ2) is 7.35. The van der Waals surface area contributed by atoms with Crippen molar-refractivity contribution in [2.75, 3.05) is 5.32 Å². The molecule has 1 amide bonds. The number of anilines is 1. The summed E-state index contributed by atoms with van der Waals surface area (Å²) in [7, 11) is 0. The van der Waals surface area contributed by atoms with Gasteiger partial charge in [-0.2, -0.15) is 0 Å². The molecule has 0 radical (unpaired) electrons. The fourth-order valence-electron chi connectivity index (χ4n) is 2.03. The molecule has 3 rings (SSSR count). The number of furan rings is 1. The molecule has 1 atom stereocenters. The number of hydrogen-bond acceptors (Lipinski definition) is 6. The van der Waals surface area contributed by atoms with Crippen LogP contribution in [0.3, 0.4) is 0 Å². The fourth-order valence-corrected chi connectivity index (χ4v) is 2.71. The van der Waals surface area contributed by atoms with Gasteiger partial charge in [0.1, 0.15) is 0 Å². The minimum absolute atomic E-state index is 0.123. The average molecular weight is 343 g/mol. The summed E-state index contributed by atoms with van der Waals surface area (Å²) in [5.41, 5.74) is 2.00. The molecule has 0 saturated heterocycles. The zero-order valence-corrected chi connectivity index (χ0v) is 14.2. The van der Waals surface area contributed by atoms with Gasteiger partial charge in [0.15, 0.2) is 5.76 Å². The highest BCUT2D eigenvalue weighted by molar-refractivity contribution is 8.00. The summed E-state index contributed by atoms with van der Waals surface area (Å²) in [4.78, 5) is 12.3. The molecule has 6 nitrogen and oxygen atoms in total. The van der Waals surface area contributed by atoms with Crippen molar-refractivity contribution >= 4 is 23.4 Å². The van der Waals surface area contributed by atoms with Crippen molar-refractivity contribution < 1.29 is 13.6 Å². The maximum absolute atomic E-state index is 12.3. The van der Waals surface area contributed by atoms with Crippen LogP contribution in [-0.4, -0.2) is 21.4 Å². The molecule has 0 unspecified atom stereocenters. The molecule has 7 heteroatoms. The van der Waals surface area contributed by atoms with Crippen molar-refractivity contribution in [2.45, 2.75) is 30.7 Å². The SMILES string of the molecule is CCc1ccc(NC(=O)[C@@H](C)Sc2nnc(-c3ccco3)o2)cc1. The minimum Gasteiger partial charge on any atom is -0.459 e. The molecule has 2 aromatic heterocycles. The van der Waals surface area contributed by atoms with Crippen molar-refractivity contribution in [3.05, 3.63) is 48.2 Å². The molecular weight excluding hydrogens is 326 g/mol. The van der Waals surface area contributed by atoms with Crippen LogP contribution in [0.2, 0.25) is 0 Å². The van der Waals surface area contributed by atoms with Gasteiger partial charge >= 0.3 is 0 Å². The first-order valence-corrected chi connectivity index (χ1v) is 8.47. The Morgan fingerprint density at radius 3 is 2.71 bits per heavy atom. The first kappa shape index (κ1) is 16.3. The molecule has 0 aliphatic heterocycles. The van der Waals surface area contributed by atoms with Crippen LogP contribution in [0.4, 0.5) is 5.69 Å². The van der Waals surface area contributed by atoms with Crippen LogP contribution in [0.5, 0.6) is 0 Å². The molecule has 0 fully saturated rings. The van der Waals surface area contributed by atoms with E-state index in [-0.39, 0.29) is 11.2 Å². The third kappa shape index (κ3) is 3.86. The third-order valence-corrected chi connectivity index (χ3v) is 4.35. The van der Waals surface area contributed by atoms with Gasteiger partial charge in [-0.05, 0) is 43.2 Å². The van der Waals surface area contributed by atoms with Gasteiger partial charge in [0.05, 0.1) is 11.5 Å². The van der Waals surface area contributed by atoms with E-state index < -0.39 is 0 Å². The molecule has 0 spiro atoms. The number of benzene rings is 1. The minimum atomic E-state index is -0.374. The van der Waals surface area contributed by atoms with Crippen molar-refractivity contribution in [1.29, 1.82) is 0 Å². The average Bonchev–Trinajstić information content (AvgIpc) is 3.26. The standard InChI is InChI=1S/C17H17N3O3S/c1-3-12-6-8-13(9-7-12)18-15(21)11(2)24-17-20-19-16(23-17)14-5-4-10-22-14/h4-11H,3H2,1-2H3,(H,18,21)/t11-/m1/s1.